The molecule has 0 N–H and O–H groups in total. The summed E-state index contributed by atoms with van der Waals surface area (Å²) in [6.07, 6.45) is 2.79. The molecule has 0 bridgehead atoms. The minimum atomic E-state index is -0.440. The Labute approximate surface area is 126 Å². The number of rotatable bonds is 5. The summed E-state index contributed by atoms with van der Waals surface area (Å²) in [6, 6.07) is 0. The van der Waals surface area contributed by atoms with Crippen LogP contribution in [0.2, 0.25) is 0 Å². The molecule has 2 aliphatic heterocycles. The maximum Gasteiger partial charge on any atom is 0.224 e. The van der Waals surface area contributed by atoms with Gasteiger partial charge in [-0.05, 0) is 6.42 Å². The molecule has 1 spiro atoms. The van der Waals surface area contributed by atoms with Crippen LogP contribution in [0.3, 0.4) is 0 Å². The number of nitrogens with zero attached hydrogens (tertiary/aromatic N) is 2. The Kier molecular flexibility index (Phi) is 5.58. The van der Waals surface area contributed by atoms with Crippen LogP contribution in [0.1, 0.15) is 39.5 Å². The molecular weight excluding hydrogens is 272 g/mol. The summed E-state index contributed by atoms with van der Waals surface area (Å²) in [5.74, 6) is -0.287. The van der Waals surface area contributed by atoms with Crippen molar-refractivity contribution in [3.05, 3.63) is 0 Å². The molecule has 6 heteroatoms. The number of likely N-dealkylation sites (tertiary alicyclic amines) is 1. The Morgan fingerprint density at radius 3 is 2.29 bits per heavy atom. The van der Waals surface area contributed by atoms with Crippen LogP contribution >= 0.6 is 0 Å². The fraction of sp³-hybridized carbons (Fsp3) is 0.867. The predicted molar refractivity (Wildman–Crippen MR) is 77.6 cm³/mol. The van der Waals surface area contributed by atoms with Gasteiger partial charge in [0.25, 0.3) is 0 Å². The second kappa shape index (κ2) is 7.22. The van der Waals surface area contributed by atoms with Gasteiger partial charge in [0.2, 0.25) is 11.8 Å². The van der Waals surface area contributed by atoms with E-state index in [0.717, 1.165) is 19.3 Å². The maximum atomic E-state index is 12.2. The van der Waals surface area contributed by atoms with Crippen LogP contribution in [-0.2, 0) is 19.1 Å². The normalized spacial score (nSPS) is 20.8. The number of ether oxygens (including phenoxy) is 2. The second-order valence-corrected chi connectivity index (χ2v) is 5.74. The molecule has 2 heterocycles. The molecule has 0 unspecified atom stereocenters. The quantitative estimate of drug-likeness (QED) is 0.760. The number of piperidine rings is 1. The SMILES string of the molecule is CCCN(CCC(=O)N1CCC2(CC1)OCCO2)C(C)=O. The van der Waals surface area contributed by atoms with Crippen LogP contribution in [0, 0.1) is 0 Å². The first-order chi connectivity index (χ1) is 10.1. The van der Waals surface area contributed by atoms with Crippen molar-refractivity contribution in [3.8, 4) is 0 Å². The van der Waals surface area contributed by atoms with Gasteiger partial charge in [0.1, 0.15) is 0 Å². The molecule has 2 aliphatic rings. The molecule has 0 aliphatic carbocycles. The monoisotopic (exact) mass is 298 g/mol. The van der Waals surface area contributed by atoms with Gasteiger partial charge < -0.3 is 19.3 Å². The topological polar surface area (TPSA) is 59.1 Å². The second-order valence-electron chi connectivity index (χ2n) is 5.74. The number of hydrogen-bond acceptors (Lipinski definition) is 4. The Bertz CT molecular complexity index is 370. The first-order valence-electron chi connectivity index (χ1n) is 7.87. The first kappa shape index (κ1) is 16.2. The van der Waals surface area contributed by atoms with E-state index in [2.05, 4.69) is 0 Å². The van der Waals surface area contributed by atoms with E-state index in [0.29, 0.717) is 45.8 Å². The van der Waals surface area contributed by atoms with Gasteiger partial charge in [0.05, 0.1) is 13.2 Å². The molecule has 2 saturated heterocycles. The average Bonchev–Trinajstić information content (AvgIpc) is 2.92. The highest BCUT2D eigenvalue weighted by Crippen LogP contribution is 2.31. The van der Waals surface area contributed by atoms with Crippen LogP contribution in [0.5, 0.6) is 0 Å². The van der Waals surface area contributed by atoms with Gasteiger partial charge in [-0.25, -0.2) is 0 Å². The summed E-state index contributed by atoms with van der Waals surface area (Å²) in [7, 11) is 0. The van der Waals surface area contributed by atoms with E-state index in [1.807, 2.05) is 11.8 Å². The molecule has 21 heavy (non-hydrogen) atoms. The predicted octanol–water partition coefficient (Wildman–Crippen LogP) is 1.00. The number of hydrogen-bond donors (Lipinski definition) is 0. The first-order valence-corrected chi connectivity index (χ1v) is 7.87. The molecule has 6 nitrogen and oxygen atoms in total. The maximum absolute atomic E-state index is 12.2. The lowest BCUT2D eigenvalue weighted by molar-refractivity contribution is -0.187. The minimum absolute atomic E-state index is 0.0370. The van der Waals surface area contributed by atoms with E-state index < -0.39 is 5.79 Å². The van der Waals surface area contributed by atoms with E-state index in [9.17, 15) is 9.59 Å². The summed E-state index contributed by atoms with van der Waals surface area (Å²) in [5, 5.41) is 0. The van der Waals surface area contributed by atoms with Crippen molar-refractivity contribution in [3.63, 3.8) is 0 Å². The van der Waals surface area contributed by atoms with E-state index in [1.54, 1.807) is 11.8 Å². The van der Waals surface area contributed by atoms with Crippen molar-refractivity contribution in [1.82, 2.24) is 9.80 Å². The highest BCUT2D eigenvalue weighted by atomic mass is 16.7. The number of carbonyl (C=O) groups excluding carboxylic acids is 2. The Morgan fingerprint density at radius 2 is 1.76 bits per heavy atom. The lowest BCUT2D eigenvalue weighted by atomic mass is 10.0. The van der Waals surface area contributed by atoms with Crippen molar-refractivity contribution in [1.29, 1.82) is 0 Å². The standard InChI is InChI=1S/C15H26N2O4/c1-3-7-16(13(2)18)8-4-14(19)17-9-5-15(6-10-17)20-11-12-21-15/h3-12H2,1-2H3. The summed E-state index contributed by atoms with van der Waals surface area (Å²) >= 11 is 0. The smallest absolute Gasteiger partial charge is 0.224 e. The van der Waals surface area contributed by atoms with Gasteiger partial charge in [0, 0.05) is 52.4 Å². The molecule has 0 aromatic carbocycles. The van der Waals surface area contributed by atoms with Crippen LogP contribution in [0.15, 0.2) is 0 Å². The average molecular weight is 298 g/mol. The molecule has 2 rings (SSSR count). The zero-order valence-corrected chi connectivity index (χ0v) is 13.1. The van der Waals surface area contributed by atoms with Crippen LogP contribution in [0.25, 0.3) is 0 Å². The Hall–Kier alpha value is -1.14. The van der Waals surface area contributed by atoms with Gasteiger partial charge in [-0.1, -0.05) is 6.92 Å². The van der Waals surface area contributed by atoms with Crippen molar-refractivity contribution in [2.45, 2.75) is 45.3 Å². The molecule has 0 aromatic rings. The summed E-state index contributed by atoms with van der Waals surface area (Å²) in [5.41, 5.74) is 0. The van der Waals surface area contributed by atoms with Crippen LogP contribution in [0.4, 0.5) is 0 Å². The fourth-order valence-corrected chi connectivity index (χ4v) is 2.97. The van der Waals surface area contributed by atoms with Crippen LogP contribution < -0.4 is 0 Å². The third kappa shape index (κ3) is 4.17. The van der Waals surface area contributed by atoms with Crippen molar-refractivity contribution >= 4 is 11.8 Å². The molecule has 0 radical (unpaired) electrons. The molecule has 0 saturated carbocycles. The van der Waals surface area contributed by atoms with Crippen LogP contribution in [-0.4, -0.2) is 66.8 Å². The molecule has 2 amide bonds. The summed E-state index contributed by atoms with van der Waals surface area (Å²) < 4.78 is 11.3. The van der Waals surface area contributed by atoms with E-state index in [4.69, 9.17) is 9.47 Å². The lowest BCUT2D eigenvalue weighted by Gasteiger charge is -2.37. The van der Waals surface area contributed by atoms with Crippen molar-refractivity contribution < 1.29 is 19.1 Å². The van der Waals surface area contributed by atoms with E-state index >= 15 is 0 Å². The molecule has 0 aromatic heterocycles. The number of amides is 2. The zero-order chi connectivity index (χ0) is 15.3. The fourth-order valence-electron chi connectivity index (χ4n) is 2.97. The third-order valence-corrected chi connectivity index (χ3v) is 4.23. The van der Waals surface area contributed by atoms with Gasteiger partial charge in [0.15, 0.2) is 5.79 Å². The van der Waals surface area contributed by atoms with Gasteiger partial charge in [-0.3, -0.25) is 9.59 Å². The minimum Gasteiger partial charge on any atom is -0.347 e. The highest BCUT2D eigenvalue weighted by molar-refractivity contribution is 5.78. The number of carbonyl (C=O) groups is 2. The summed E-state index contributed by atoms with van der Waals surface area (Å²) in [6.45, 7) is 7.46. The van der Waals surface area contributed by atoms with Gasteiger partial charge in [-0.2, -0.15) is 0 Å². The molecule has 120 valence electrons. The van der Waals surface area contributed by atoms with Crippen molar-refractivity contribution in [2.75, 3.05) is 39.4 Å². The van der Waals surface area contributed by atoms with Gasteiger partial charge in [-0.15, -0.1) is 0 Å². The third-order valence-electron chi connectivity index (χ3n) is 4.23. The molecule has 2 fully saturated rings. The highest BCUT2D eigenvalue weighted by Gasteiger charge is 2.40. The Balaban J connectivity index is 1.75. The van der Waals surface area contributed by atoms with E-state index in [-0.39, 0.29) is 11.8 Å². The lowest BCUT2D eigenvalue weighted by Crippen LogP contribution is -2.48. The summed E-state index contributed by atoms with van der Waals surface area (Å²) in [4.78, 5) is 27.3. The van der Waals surface area contributed by atoms with Crippen molar-refractivity contribution in [2.24, 2.45) is 0 Å². The van der Waals surface area contributed by atoms with E-state index in [1.165, 1.54) is 0 Å². The molecule has 0 atom stereocenters. The largest absolute Gasteiger partial charge is 0.347 e. The Morgan fingerprint density at radius 1 is 1.14 bits per heavy atom. The van der Waals surface area contributed by atoms with Gasteiger partial charge >= 0.3 is 0 Å². The molecular formula is C15H26N2O4. The zero-order valence-electron chi connectivity index (χ0n) is 13.1.